The molecular formula is C6H14O5. The molecule has 0 saturated carbocycles. The molecule has 68 valence electrons. The van der Waals surface area contributed by atoms with Crippen molar-refractivity contribution < 1.29 is 24.5 Å². The van der Waals surface area contributed by atoms with Gasteiger partial charge in [-0.05, 0) is 0 Å². The average molecular weight is 166 g/mol. The molecule has 0 unspecified atom stereocenters. The molecule has 0 aliphatic carbocycles. The predicted octanol–water partition coefficient (Wildman–Crippen LogP) is -1.38. The van der Waals surface area contributed by atoms with Crippen molar-refractivity contribution in [1.29, 1.82) is 0 Å². The summed E-state index contributed by atoms with van der Waals surface area (Å²) >= 11 is 0. The van der Waals surface area contributed by atoms with Gasteiger partial charge in [0.1, 0.15) is 13.6 Å². The zero-order valence-corrected chi connectivity index (χ0v) is 6.36. The summed E-state index contributed by atoms with van der Waals surface area (Å²) in [4.78, 5) is 16.0. The van der Waals surface area contributed by atoms with Crippen molar-refractivity contribution in [2.45, 2.75) is 0 Å². The van der Waals surface area contributed by atoms with Crippen LogP contribution in [0, 0.1) is 0 Å². The second-order valence-electron chi connectivity index (χ2n) is 1.06. The van der Waals surface area contributed by atoms with Crippen LogP contribution in [0.15, 0.2) is 0 Å². The fourth-order valence-corrected chi connectivity index (χ4v) is 0.231. The minimum absolute atomic E-state index is 0.0278. The highest BCUT2D eigenvalue weighted by atomic mass is 16.5. The quantitative estimate of drug-likeness (QED) is 0.503. The van der Waals surface area contributed by atoms with E-state index in [9.17, 15) is 0 Å². The lowest BCUT2D eigenvalue weighted by Gasteiger charge is -1.94. The lowest BCUT2D eigenvalue weighted by atomic mass is 10.7. The van der Waals surface area contributed by atoms with Crippen LogP contribution < -0.4 is 0 Å². The summed E-state index contributed by atoms with van der Waals surface area (Å²) in [5, 5.41) is 16.2. The van der Waals surface area contributed by atoms with E-state index in [0.717, 1.165) is 0 Å². The first-order chi connectivity index (χ1) is 5.41. The van der Waals surface area contributed by atoms with Gasteiger partial charge in [0, 0.05) is 0 Å². The minimum atomic E-state index is 0.0278. The summed E-state index contributed by atoms with van der Waals surface area (Å²) in [5.41, 5.74) is 0. The van der Waals surface area contributed by atoms with Crippen LogP contribution >= 0.6 is 0 Å². The number of aliphatic hydroxyl groups excluding tert-OH is 2. The van der Waals surface area contributed by atoms with Gasteiger partial charge in [0.2, 0.25) is 0 Å². The fraction of sp³-hybridized carbons (Fsp3) is 0.667. The van der Waals surface area contributed by atoms with Crippen LogP contribution in [0.5, 0.6) is 0 Å². The number of rotatable bonds is 4. The van der Waals surface area contributed by atoms with E-state index < -0.39 is 0 Å². The van der Waals surface area contributed by atoms with Crippen molar-refractivity contribution >= 4 is 13.6 Å². The molecule has 0 radical (unpaired) electrons. The van der Waals surface area contributed by atoms with Gasteiger partial charge >= 0.3 is 0 Å². The highest BCUT2D eigenvalue weighted by molar-refractivity contribution is 5.11. The van der Waals surface area contributed by atoms with Gasteiger partial charge in [0.25, 0.3) is 0 Å². The minimum Gasteiger partial charge on any atom is -0.394 e. The Balaban J connectivity index is -0.000000138. The van der Waals surface area contributed by atoms with Crippen molar-refractivity contribution in [3.63, 3.8) is 0 Å². The smallest absolute Gasteiger partial charge is 0.106 e. The van der Waals surface area contributed by atoms with Crippen molar-refractivity contribution in [1.82, 2.24) is 0 Å². The van der Waals surface area contributed by atoms with Gasteiger partial charge in [-0.3, -0.25) is 0 Å². The van der Waals surface area contributed by atoms with Gasteiger partial charge in [0.15, 0.2) is 0 Å². The molecular weight excluding hydrogens is 152 g/mol. The molecule has 0 heterocycles. The molecule has 2 N–H and O–H groups in total. The zero-order valence-electron chi connectivity index (χ0n) is 6.36. The maximum Gasteiger partial charge on any atom is 0.106 e. The van der Waals surface area contributed by atoms with Crippen molar-refractivity contribution in [3.8, 4) is 0 Å². The summed E-state index contributed by atoms with van der Waals surface area (Å²) < 4.78 is 4.63. The number of ether oxygens (including phenoxy) is 1. The Kier molecular flexibility index (Phi) is 53.0. The molecule has 0 aromatic rings. The molecule has 0 rings (SSSR count). The van der Waals surface area contributed by atoms with E-state index in [2.05, 4.69) is 4.74 Å². The van der Waals surface area contributed by atoms with E-state index in [-0.39, 0.29) is 13.2 Å². The monoisotopic (exact) mass is 166 g/mol. The van der Waals surface area contributed by atoms with Crippen LogP contribution in [0.1, 0.15) is 0 Å². The summed E-state index contributed by atoms with van der Waals surface area (Å²) in [6.45, 7) is 4.70. The van der Waals surface area contributed by atoms with Crippen LogP contribution in [-0.2, 0) is 14.3 Å². The van der Waals surface area contributed by atoms with Gasteiger partial charge in [-0.2, -0.15) is 0 Å². The normalized spacial score (nSPS) is 6.73. The summed E-state index contributed by atoms with van der Waals surface area (Å²) in [6, 6.07) is 0. The molecule has 0 fully saturated rings. The highest BCUT2D eigenvalue weighted by Crippen LogP contribution is 1.68. The zero-order chi connectivity index (χ0) is 9.54. The Hall–Kier alpha value is -0.780. The Labute approximate surface area is 65.6 Å². The van der Waals surface area contributed by atoms with E-state index in [0.29, 0.717) is 13.2 Å². The first-order valence-electron chi connectivity index (χ1n) is 2.79. The van der Waals surface area contributed by atoms with E-state index in [1.165, 1.54) is 0 Å². The lowest BCUT2D eigenvalue weighted by Crippen LogP contribution is -2.03. The van der Waals surface area contributed by atoms with Gasteiger partial charge in [-0.25, -0.2) is 0 Å². The third kappa shape index (κ3) is 46.4. The van der Waals surface area contributed by atoms with Gasteiger partial charge in [0.05, 0.1) is 26.4 Å². The molecule has 5 nitrogen and oxygen atoms in total. The molecule has 0 bridgehead atoms. The fourth-order valence-electron chi connectivity index (χ4n) is 0.231. The van der Waals surface area contributed by atoms with E-state index >= 15 is 0 Å². The Morgan fingerprint density at radius 2 is 1.18 bits per heavy atom. The largest absolute Gasteiger partial charge is 0.394 e. The predicted molar refractivity (Wildman–Crippen MR) is 39.2 cm³/mol. The van der Waals surface area contributed by atoms with E-state index in [1.54, 1.807) is 0 Å². The van der Waals surface area contributed by atoms with Crippen LogP contribution in [0.25, 0.3) is 0 Å². The third-order valence-corrected chi connectivity index (χ3v) is 0.471. The molecule has 0 aliphatic rings. The highest BCUT2D eigenvalue weighted by Gasteiger charge is 1.79. The molecule has 0 saturated heterocycles. The van der Waals surface area contributed by atoms with Gasteiger partial charge in [-0.15, -0.1) is 0 Å². The van der Waals surface area contributed by atoms with Crippen molar-refractivity contribution in [3.05, 3.63) is 0 Å². The second-order valence-corrected chi connectivity index (χ2v) is 1.06. The van der Waals surface area contributed by atoms with E-state index in [4.69, 9.17) is 19.8 Å². The molecule has 0 aliphatic heterocycles. The third-order valence-electron chi connectivity index (χ3n) is 0.471. The topological polar surface area (TPSA) is 83.8 Å². The molecule has 0 aromatic heterocycles. The Morgan fingerprint density at radius 1 is 0.909 bits per heavy atom. The first-order valence-corrected chi connectivity index (χ1v) is 2.79. The van der Waals surface area contributed by atoms with Crippen LogP contribution in [0.2, 0.25) is 0 Å². The average Bonchev–Trinajstić information content (AvgIpc) is 2.13. The van der Waals surface area contributed by atoms with Crippen LogP contribution in [-0.4, -0.2) is 50.2 Å². The number of carbonyl (C=O) groups is 2. The molecule has 11 heavy (non-hydrogen) atoms. The summed E-state index contributed by atoms with van der Waals surface area (Å²) in [7, 11) is 0. The molecule has 0 spiro atoms. The molecule has 0 atom stereocenters. The van der Waals surface area contributed by atoms with Crippen LogP contribution in [0.4, 0.5) is 0 Å². The number of aliphatic hydroxyl groups is 2. The maximum absolute atomic E-state index is 8.09. The van der Waals surface area contributed by atoms with E-state index in [1.807, 2.05) is 13.6 Å². The number of hydrogen-bond donors (Lipinski definition) is 2. The molecule has 5 heteroatoms. The lowest BCUT2D eigenvalue weighted by molar-refractivity contribution is -0.0987. The SMILES string of the molecule is C=O.C=O.OCCOCCO. The first kappa shape index (κ1) is 16.7. The summed E-state index contributed by atoms with van der Waals surface area (Å²) in [5.74, 6) is 0. The second kappa shape index (κ2) is 35.0. The Morgan fingerprint density at radius 3 is 1.36 bits per heavy atom. The summed E-state index contributed by atoms with van der Waals surface area (Å²) in [6.07, 6.45) is 0. The maximum atomic E-state index is 8.09. The molecule has 0 aromatic carbocycles. The standard InChI is InChI=1S/C4H10O3.2CH2O/c5-1-3-7-4-2-6;2*1-2/h5-6H,1-4H2;2*1H2. The van der Waals surface area contributed by atoms with Gasteiger partial charge in [-0.1, -0.05) is 0 Å². The van der Waals surface area contributed by atoms with Crippen molar-refractivity contribution in [2.24, 2.45) is 0 Å². The number of carbonyl (C=O) groups excluding carboxylic acids is 2. The Bertz CT molecular complexity index is 44.2. The van der Waals surface area contributed by atoms with Crippen LogP contribution in [0.3, 0.4) is 0 Å². The van der Waals surface area contributed by atoms with Crippen molar-refractivity contribution in [2.75, 3.05) is 26.4 Å². The number of hydrogen-bond acceptors (Lipinski definition) is 5. The molecule has 0 amide bonds. The van der Waals surface area contributed by atoms with Gasteiger partial charge < -0.3 is 24.5 Å².